The van der Waals surface area contributed by atoms with Crippen molar-refractivity contribution in [2.45, 2.75) is 51.6 Å². The van der Waals surface area contributed by atoms with Gasteiger partial charge in [-0.05, 0) is 49.0 Å². The molecule has 2 nitrogen and oxygen atoms in total. The molecule has 1 aromatic rings. The highest BCUT2D eigenvalue weighted by Crippen LogP contribution is 2.37. The summed E-state index contributed by atoms with van der Waals surface area (Å²) in [6, 6.07) is 9.99. The van der Waals surface area contributed by atoms with E-state index in [1.807, 2.05) is 24.3 Å². The predicted octanol–water partition coefficient (Wildman–Crippen LogP) is 2.91. The summed E-state index contributed by atoms with van der Waals surface area (Å²) in [5, 5.41) is 19.7. The lowest BCUT2D eigenvalue weighted by Gasteiger charge is -2.36. The van der Waals surface area contributed by atoms with Crippen molar-refractivity contribution in [3.8, 4) is 6.07 Å². The van der Waals surface area contributed by atoms with Gasteiger partial charge in [0.05, 0.1) is 18.1 Å². The largest absolute Gasteiger partial charge is 0.393 e. The van der Waals surface area contributed by atoms with Crippen LogP contribution < -0.4 is 5.46 Å². The molecule has 0 aromatic heterocycles. The summed E-state index contributed by atoms with van der Waals surface area (Å²) >= 11 is 0. The van der Waals surface area contributed by atoms with E-state index in [0.717, 1.165) is 36.7 Å². The number of benzene rings is 1. The molecule has 5 unspecified atom stereocenters. The lowest BCUT2D eigenvalue weighted by Crippen LogP contribution is -2.33. The van der Waals surface area contributed by atoms with Gasteiger partial charge in [0.2, 0.25) is 0 Å². The van der Waals surface area contributed by atoms with E-state index in [-0.39, 0.29) is 12.0 Å². The van der Waals surface area contributed by atoms with Gasteiger partial charge >= 0.3 is 0 Å². The van der Waals surface area contributed by atoms with Crippen LogP contribution in [0.4, 0.5) is 0 Å². The monoisotopic (exact) mass is 281 g/mol. The highest BCUT2D eigenvalue weighted by molar-refractivity contribution is 6.32. The zero-order valence-electron chi connectivity index (χ0n) is 13.0. The molecule has 2 rings (SSSR count). The van der Waals surface area contributed by atoms with Gasteiger partial charge in [-0.1, -0.05) is 43.6 Å². The number of rotatable bonds is 4. The number of aliphatic hydroxyl groups is 1. The number of hydrogen-bond acceptors (Lipinski definition) is 2. The van der Waals surface area contributed by atoms with Crippen LogP contribution in [0.5, 0.6) is 0 Å². The molecule has 0 bridgehead atoms. The highest BCUT2D eigenvalue weighted by atomic mass is 16.3. The van der Waals surface area contributed by atoms with Crippen molar-refractivity contribution in [3.63, 3.8) is 0 Å². The Hall–Kier alpha value is -1.27. The molecule has 0 heterocycles. The van der Waals surface area contributed by atoms with Crippen molar-refractivity contribution in [2.75, 3.05) is 0 Å². The predicted molar refractivity (Wildman–Crippen MR) is 86.5 cm³/mol. The molecule has 110 valence electrons. The van der Waals surface area contributed by atoms with Crippen LogP contribution in [-0.4, -0.2) is 19.1 Å². The van der Waals surface area contributed by atoms with Gasteiger partial charge < -0.3 is 5.11 Å². The minimum Gasteiger partial charge on any atom is -0.393 e. The fraction of sp³-hybridized carbons (Fsp3) is 0.611. The van der Waals surface area contributed by atoms with Crippen molar-refractivity contribution >= 4 is 13.3 Å². The standard InChI is InChI=1S/C18H24BNO/c1-12-3-8-18(21)17(9-12)13(2)10-15(11-20)14-4-6-16(19)7-5-14/h4-7,12-13,15,17-18,21H,3,8-10H2,1-2H3. The van der Waals surface area contributed by atoms with Crippen molar-refractivity contribution in [1.82, 2.24) is 0 Å². The SMILES string of the molecule is [B]c1ccc(C(C#N)CC(C)C2CC(C)CCC2O)cc1. The second kappa shape index (κ2) is 7.14. The third-order valence-electron chi connectivity index (χ3n) is 4.96. The van der Waals surface area contributed by atoms with Gasteiger partial charge in [-0.15, -0.1) is 0 Å². The summed E-state index contributed by atoms with van der Waals surface area (Å²) in [5.74, 6) is 1.23. The summed E-state index contributed by atoms with van der Waals surface area (Å²) in [5.41, 5.74) is 1.75. The lowest BCUT2D eigenvalue weighted by atomic mass is 9.71. The maximum Gasteiger partial charge on any atom is 0.113 e. The van der Waals surface area contributed by atoms with Gasteiger partial charge in [0.25, 0.3) is 0 Å². The Morgan fingerprint density at radius 1 is 1.33 bits per heavy atom. The Kier molecular flexibility index (Phi) is 5.48. The highest BCUT2D eigenvalue weighted by Gasteiger charge is 2.32. The maximum atomic E-state index is 10.3. The minimum atomic E-state index is -0.207. The van der Waals surface area contributed by atoms with E-state index in [0.29, 0.717) is 17.8 Å². The molecule has 1 fully saturated rings. The molecule has 0 saturated heterocycles. The summed E-state index contributed by atoms with van der Waals surface area (Å²) in [4.78, 5) is 0. The smallest absolute Gasteiger partial charge is 0.113 e. The molecule has 1 aliphatic rings. The summed E-state index contributed by atoms with van der Waals surface area (Å²) in [7, 11) is 5.70. The van der Waals surface area contributed by atoms with Gasteiger partial charge in [-0.3, -0.25) is 0 Å². The first-order chi connectivity index (χ1) is 10.0. The lowest BCUT2D eigenvalue weighted by molar-refractivity contribution is 0.0214. The van der Waals surface area contributed by atoms with Crippen LogP contribution in [0.2, 0.25) is 0 Å². The summed E-state index contributed by atoms with van der Waals surface area (Å²) in [6.45, 7) is 4.43. The molecule has 5 atom stereocenters. The average molecular weight is 281 g/mol. The third kappa shape index (κ3) is 4.11. The molecular formula is C18H24BNO. The average Bonchev–Trinajstić information content (AvgIpc) is 2.48. The molecule has 0 aliphatic heterocycles. The quantitative estimate of drug-likeness (QED) is 0.862. The second-order valence-electron chi connectivity index (χ2n) is 6.71. The Morgan fingerprint density at radius 3 is 2.62 bits per heavy atom. The van der Waals surface area contributed by atoms with Gasteiger partial charge in [0.15, 0.2) is 0 Å². The zero-order chi connectivity index (χ0) is 15.4. The Labute approximate surface area is 129 Å². The number of nitriles is 1. The van der Waals surface area contributed by atoms with Gasteiger partial charge in [-0.2, -0.15) is 5.26 Å². The van der Waals surface area contributed by atoms with Gasteiger partial charge in [0.1, 0.15) is 7.85 Å². The van der Waals surface area contributed by atoms with E-state index in [9.17, 15) is 10.4 Å². The fourth-order valence-corrected chi connectivity index (χ4v) is 3.56. The van der Waals surface area contributed by atoms with E-state index in [4.69, 9.17) is 7.85 Å². The van der Waals surface area contributed by atoms with Crippen LogP contribution in [0.15, 0.2) is 24.3 Å². The van der Waals surface area contributed by atoms with Crippen LogP contribution in [-0.2, 0) is 0 Å². The minimum absolute atomic E-state index is 0.120. The van der Waals surface area contributed by atoms with E-state index in [1.165, 1.54) is 0 Å². The van der Waals surface area contributed by atoms with Gasteiger partial charge in [-0.25, -0.2) is 0 Å². The molecule has 21 heavy (non-hydrogen) atoms. The molecular weight excluding hydrogens is 257 g/mol. The van der Waals surface area contributed by atoms with Gasteiger partial charge in [0, 0.05) is 0 Å². The van der Waals surface area contributed by atoms with Crippen LogP contribution >= 0.6 is 0 Å². The van der Waals surface area contributed by atoms with Crippen LogP contribution in [0.25, 0.3) is 0 Å². The molecule has 1 N–H and O–H groups in total. The van der Waals surface area contributed by atoms with Crippen molar-refractivity contribution < 1.29 is 5.11 Å². The molecule has 0 amide bonds. The topological polar surface area (TPSA) is 44.0 Å². The van der Waals surface area contributed by atoms with Crippen molar-refractivity contribution in [3.05, 3.63) is 29.8 Å². The normalized spacial score (nSPS) is 28.6. The van der Waals surface area contributed by atoms with E-state index in [1.54, 1.807) is 0 Å². The van der Waals surface area contributed by atoms with E-state index < -0.39 is 0 Å². The summed E-state index contributed by atoms with van der Waals surface area (Å²) < 4.78 is 0. The maximum absolute atomic E-state index is 10.3. The molecule has 3 heteroatoms. The third-order valence-corrected chi connectivity index (χ3v) is 4.96. The Bertz CT molecular complexity index is 493. The van der Waals surface area contributed by atoms with Crippen molar-refractivity contribution in [2.24, 2.45) is 17.8 Å². The first kappa shape index (κ1) is 16.1. The Morgan fingerprint density at radius 2 is 2.00 bits per heavy atom. The first-order valence-corrected chi connectivity index (χ1v) is 7.94. The molecule has 1 aliphatic carbocycles. The number of hydrogen-bond donors (Lipinski definition) is 1. The zero-order valence-corrected chi connectivity index (χ0v) is 13.0. The molecule has 0 spiro atoms. The van der Waals surface area contributed by atoms with Crippen LogP contribution in [0.1, 0.15) is 51.0 Å². The first-order valence-electron chi connectivity index (χ1n) is 7.94. The molecule has 1 aromatic carbocycles. The van der Waals surface area contributed by atoms with Crippen LogP contribution in [0, 0.1) is 29.1 Å². The number of nitrogens with zero attached hydrogens (tertiary/aromatic N) is 1. The fourth-order valence-electron chi connectivity index (χ4n) is 3.56. The number of aliphatic hydroxyl groups excluding tert-OH is 1. The van der Waals surface area contributed by atoms with Crippen LogP contribution in [0.3, 0.4) is 0 Å². The molecule has 1 saturated carbocycles. The second-order valence-corrected chi connectivity index (χ2v) is 6.71. The molecule has 2 radical (unpaired) electrons. The van der Waals surface area contributed by atoms with Crippen molar-refractivity contribution in [1.29, 1.82) is 5.26 Å². The summed E-state index contributed by atoms with van der Waals surface area (Å²) in [6.07, 6.45) is 3.68. The Balaban J connectivity index is 2.04. The van der Waals surface area contributed by atoms with E-state index in [2.05, 4.69) is 19.9 Å². The van der Waals surface area contributed by atoms with E-state index >= 15 is 0 Å².